The van der Waals surface area contributed by atoms with Gasteiger partial charge in [-0.1, -0.05) is 0 Å². The van der Waals surface area contributed by atoms with Gasteiger partial charge in [-0.3, -0.25) is 0 Å². The molecule has 0 spiro atoms. The molecule has 3 rings (SSSR count). The lowest BCUT2D eigenvalue weighted by Gasteiger charge is -2.03. The minimum absolute atomic E-state index is 0.313. The highest BCUT2D eigenvalue weighted by Gasteiger charge is 2.22. The summed E-state index contributed by atoms with van der Waals surface area (Å²) in [7, 11) is 1.65. The number of nitrogens with one attached hydrogen (secondary N) is 1. The zero-order valence-electron chi connectivity index (χ0n) is 10.6. The fourth-order valence-corrected chi connectivity index (χ4v) is 2.51. The van der Waals surface area contributed by atoms with Gasteiger partial charge >= 0.3 is 0 Å². The van der Waals surface area contributed by atoms with Crippen molar-refractivity contribution < 1.29 is 13.5 Å². The van der Waals surface area contributed by atoms with Crippen LogP contribution in [0.5, 0.6) is 0 Å². The van der Waals surface area contributed by atoms with Crippen LogP contribution in [0.4, 0.5) is 4.39 Å². The second kappa shape index (κ2) is 5.23. The predicted octanol–water partition coefficient (Wildman–Crippen LogP) is 3.73. The first-order valence-corrected chi connectivity index (χ1v) is 7.10. The minimum Gasteiger partial charge on any atom is -0.459 e. The number of fused-ring (bicyclic) bond motifs is 1. The fourth-order valence-electron chi connectivity index (χ4n) is 2.16. The first-order valence-electron chi connectivity index (χ1n) is 6.30. The van der Waals surface area contributed by atoms with Gasteiger partial charge in [0.2, 0.25) is 0 Å². The molecule has 0 saturated heterocycles. The van der Waals surface area contributed by atoms with Gasteiger partial charge in [0.25, 0.3) is 0 Å². The van der Waals surface area contributed by atoms with Crippen LogP contribution in [-0.4, -0.2) is 13.2 Å². The van der Waals surface area contributed by atoms with E-state index in [1.807, 2.05) is 0 Å². The standard InChI is InChI=1S/C14H15BrFNO2/c1-18-7-10-9-4-11(15)12(16)5-13(9)19-14(10)6-17-8-2-3-8/h4-5,8,17H,2-3,6-7H2,1H3. The summed E-state index contributed by atoms with van der Waals surface area (Å²) in [6, 6.07) is 3.77. The van der Waals surface area contributed by atoms with Gasteiger partial charge in [-0.15, -0.1) is 0 Å². The van der Waals surface area contributed by atoms with E-state index in [4.69, 9.17) is 9.15 Å². The summed E-state index contributed by atoms with van der Waals surface area (Å²) in [4.78, 5) is 0. The highest BCUT2D eigenvalue weighted by atomic mass is 79.9. The van der Waals surface area contributed by atoms with Gasteiger partial charge < -0.3 is 14.5 Å². The average Bonchev–Trinajstić information content (AvgIpc) is 3.15. The summed E-state index contributed by atoms with van der Waals surface area (Å²) in [5.41, 5.74) is 1.56. The Balaban J connectivity index is 2.00. The maximum Gasteiger partial charge on any atom is 0.141 e. The summed E-state index contributed by atoms with van der Waals surface area (Å²) < 4.78 is 25.0. The number of rotatable bonds is 5. The van der Waals surface area contributed by atoms with Crippen molar-refractivity contribution in [2.24, 2.45) is 0 Å². The van der Waals surface area contributed by atoms with Crippen molar-refractivity contribution in [3.05, 3.63) is 33.7 Å². The van der Waals surface area contributed by atoms with Crippen LogP contribution in [0.2, 0.25) is 0 Å². The number of hydrogen-bond donors (Lipinski definition) is 1. The number of ether oxygens (including phenoxy) is 1. The Morgan fingerprint density at radius 3 is 2.95 bits per heavy atom. The third kappa shape index (κ3) is 2.68. The second-order valence-electron chi connectivity index (χ2n) is 4.85. The minimum atomic E-state index is -0.313. The molecule has 0 bridgehead atoms. The van der Waals surface area contributed by atoms with Crippen LogP contribution in [0.25, 0.3) is 11.0 Å². The van der Waals surface area contributed by atoms with E-state index < -0.39 is 0 Å². The molecule has 0 atom stereocenters. The Bertz CT molecular complexity index is 607. The van der Waals surface area contributed by atoms with Crippen molar-refractivity contribution in [3.8, 4) is 0 Å². The largest absolute Gasteiger partial charge is 0.459 e. The van der Waals surface area contributed by atoms with Crippen molar-refractivity contribution in [1.29, 1.82) is 0 Å². The van der Waals surface area contributed by atoms with Crippen LogP contribution in [-0.2, 0) is 17.9 Å². The molecule has 0 amide bonds. The van der Waals surface area contributed by atoms with Crippen LogP contribution in [0.15, 0.2) is 21.0 Å². The second-order valence-corrected chi connectivity index (χ2v) is 5.71. The van der Waals surface area contributed by atoms with Crippen LogP contribution in [0.1, 0.15) is 24.2 Å². The third-order valence-corrected chi connectivity index (χ3v) is 3.94. The fraction of sp³-hybridized carbons (Fsp3) is 0.429. The van der Waals surface area contributed by atoms with Crippen molar-refractivity contribution in [3.63, 3.8) is 0 Å². The van der Waals surface area contributed by atoms with E-state index in [0.29, 0.717) is 29.2 Å². The normalized spacial score (nSPS) is 15.3. The molecule has 1 fully saturated rings. The van der Waals surface area contributed by atoms with Gasteiger partial charge in [0, 0.05) is 30.2 Å². The number of hydrogen-bond acceptors (Lipinski definition) is 3. The predicted molar refractivity (Wildman–Crippen MR) is 74.4 cm³/mol. The molecule has 3 nitrogen and oxygen atoms in total. The van der Waals surface area contributed by atoms with Gasteiger partial charge in [-0.05, 0) is 34.8 Å². The lowest BCUT2D eigenvalue weighted by molar-refractivity contribution is 0.183. The molecule has 0 aliphatic heterocycles. The van der Waals surface area contributed by atoms with Gasteiger partial charge in [0.05, 0.1) is 17.6 Å². The van der Waals surface area contributed by atoms with Gasteiger partial charge in [0.15, 0.2) is 0 Å². The lowest BCUT2D eigenvalue weighted by Crippen LogP contribution is -2.15. The molecule has 1 N–H and O–H groups in total. The molecule has 0 unspecified atom stereocenters. The first-order chi connectivity index (χ1) is 9.19. The van der Waals surface area contributed by atoms with Gasteiger partial charge in [-0.25, -0.2) is 4.39 Å². The maximum absolute atomic E-state index is 13.5. The summed E-state index contributed by atoms with van der Waals surface area (Å²) >= 11 is 3.21. The highest BCUT2D eigenvalue weighted by molar-refractivity contribution is 9.10. The zero-order valence-corrected chi connectivity index (χ0v) is 12.2. The summed E-state index contributed by atoms with van der Waals surface area (Å²) in [6.45, 7) is 1.13. The molecule has 1 aromatic carbocycles. The summed E-state index contributed by atoms with van der Waals surface area (Å²) in [6.07, 6.45) is 2.44. The molecule has 2 aromatic rings. The molecular formula is C14H15BrFNO2. The Morgan fingerprint density at radius 1 is 1.47 bits per heavy atom. The van der Waals surface area contributed by atoms with E-state index in [2.05, 4.69) is 21.2 Å². The van der Waals surface area contributed by atoms with E-state index >= 15 is 0 Å². The molecular weight excluding hydrogens is 313 g/mol. The number of halogens is 2. The van der Waals surface area contributed by atoms with Crippen molar-refractivity contribution in [1.82, 2.24) is 5.32 Å². The van der Waals surface area contributed by atoms with Gasteiger partial charge in [-0.2, -0.15) is 0 Å². The molecule has 1 aliphatic rings. The first kappa shape index (κ1) is 13.1. The third-order valence-electron chi connectivity index (χ3n) is 3.33. The highest BCUT2D eigenvalue weighted by Crippen LogP contribution is 2.31. The Kier molecular flexibility index (Phi) is 3.60. The quantitative estimate of drug-likeness (QED) is 0.908. The van der Waals surface area contributed by atoms with Crippen LogP contribution < -0.4 is 5.32 Å². The number of furan rings is 1. The zero-order chi connectivity index (χ0) is 13.4. The topological polar surface area (TPSA) is 34.4 Å². The summed E-state index contributed by atoms with van der Waals surface area (Å²) in [5, 5.41) is 4.31. The maximum atomic E-state index is 13.5. The molecule has 102 valence electrons. The molecule has 1 aliphatic carbocycles. The summed E-state index contributed by atoms with van der Waals surface area (Å²) in [5.74, 6) is 0.521. The molecule has 0 radical (unpaired) electrons. The Hall–Kier alpha value is -0.910. The molecule has 1 heterocycles. The van der Waals surface area contributed by atoms with Crippen molar-refractivity contribution in [2.45, 2.75) is 32.0 Å². The van der Waals surface area contributed by atoms with Gasteiger partial charge in [0.1, 0.15) is 17.2 Å². The van der Waals surface area contributed by atoms with E-state index in [1.54, 1.807) is 13.2 Å². The van der Waals surface area contributed by atoms with Crippen molar-refractivity contribution >= 4 is 26.9 Å². The number of benzene rings is 1. The molecule has 1 saturated carbocycles. The molecule has 1 aromatic heterocycles. The van der Waals surface area contributed by atoms with E-state index in [9.17, 15) is 4.39 Å². The molecule has 5 heteroatoms. The van der Waals surface area contributed by atoms with E-state index in [1.165, 1.54) is 18.9 Å². The molecule has 19 heavy (non-hydrogen) atoms. The average molecular weight is 328 g/mol. The van der Waals surface area contributed by atoms with Crippen molar-refractivity contribution in [2.75, 3.05) is 7.11 Å². The van der Waals surface area contributed by atoms with Crippen LogP contribution >= 0.6 is 15.9 Å². The smallest absolute Gasteiger partial charge is 0.141 e. The SMILES string of the molecule is COCc1c(CNC2CC2)oc2cc(F)c(Br)cc12. The van der Waals surface area contributed by atoms with E-state index in [-0.39, 0.29) is 5.82 Å². The van der Waals surface area contributed by atoms with Crippen LogP contribution in [0, 0.1) is 5.82 Å². The lowest BCUT2D eigenvalue weighted by atomic mass is 10.1. The Morgan fingerprint density at radius 2 is 2.26 bits per heavy atom. The van der Waals surface area contributed by atoms with E-state index in [0.717, 1.165) is 16.7 Å². The monoisotopic (exact) mass is 327 g/mol. The van der Waals surface area contributed by atoms with Crippen LogP contribution in [0.3, 0.4) is 0 Å². The number of methoxy groups -OCH3 is 1. The Labute approximate surface area is 119 Å².